The Morgan fingerprint density at radius 1 is 1.20 bits per heavy atom. The molecule has 3 heterocycles. The minimum atomic E-state index is -0.201. The van der Waals surface area contributed by atoms with E-state index < -0.39 is 0 Å². The van der Waals surface area contributed by atoms with Crippen molar-refractivity contribution in [3.05, 3.63) is 50.9 Å². The van der Waals surface area contributed by atoms with Crippen molar-refractivity contribution < 1.29 is 14.3 Å². The molecule has 0 aliphatic carbocycles. The van der Waals surface area contributed by atoms with Gasteiger partial charge in [0.2, 0.25) is 0 Å². The molecule has 2 aromatic heterocycles. The number of aromatic nitrogens is 2. The second-order valence-corrected chi connectivity index (χ2v) is 8.31. The number of rotatable bonds is 6. The van der Waals surface area contributed by atoms with Crippen LogP contribution in [0.4, 0.5) is 0 Å². The van der Waals surface area contributed by atoms with Gasteiger partial charge in [0.15, 0.2) is 0 Å². The molecule has 1 aliphatic rings. The van der Waals surface area contributed by atoms with Crippen LogP contribution in [0.5, 0.6) is 11.5 Å². The summed E-state index contributed by atoms with van der Waals surface area (Å²) in [6.45, 7) is 3.24. The summed E-state index contributed by atoms with van der Waals surface area (Å²) in [5, 5.41) is 3.45. The van der Waals surface area contributed by atoms with Crippen molar-refractivity contribution in [2.45, 2.75) is 39.2 Å². The molecule has 0 fully saturated rings. The molecule has 0 spiro atoms. The second kappa shape index (κ2) is 8.87. The van der Waals surface area contributed by atoms with Gasteiger partial charge in [-0.15, -0.1) is 11.3 Å². The molecule has 0 unspecified atom stereocenters. The summed E-state index contributed by atoms with van der Waals surface area (Å²) < 4.78 is 12.6. The van der Waals surface area contributed by atoms with Crippen LogP contribution in [0.25, 0.3) is 10.2 Å². The van der Waals surface area contributed by atoms with Crippen LogP contribution in [0.3, 0.4) is 0 Å². The minimum Gasteiger partial charge on any atom is -0.497 e. The zero-order valence-electron chi connectivity index (χ0n) is 17.2. The lowest BCUT2D eigenvalue weighted by atomic mass is 10.2. The number of amides is 1. The van der Waals surface area contributed by atoms with Crippen LogP contribution in [0.2, 0.25) is 0 Å². The average molecular weight is 428 g/mol. The van der Waals surface area contributed by atoms with Gasteiger partial charge < -0.3 is 14.8 Å². The number of methoxy groups -OCH3 is 1. The maximum atomic E-state index is 13.0. The van der Waals surface area contributed by atoms with Crippen LogP contribution >= 0.6 is 11.3 Å². The van der Waals surface area contributed by atoms with E-state index in [1.807, 2.05) is 31.2 Å². The Bertz CT molecular complexity index is 1120. The molecule has 30 heavy (non-hydrogen) atoms. The lowest BCUT2D eigenvalue weighted by Crippen LogP contribution is -2.28. The number of fused-ring (bicyclic) bond motifs is 2. The first-order valence-corrected chi connectivity index (χ1v) is 11.0. The second-order valence-electron chi connectivity index (χ2n) is 7.31. The number of benzene rings is 1. The van der Waals surface area contributed by atoms with Gasteiger partial charge in [0, 0.05) is 13.0 Å². The number of carbonyl (C=O) groups excluding carboxylic acids is 1. The van der Waals surface area contributed by atoms with Gasteiger partial charge in [-0.05, 0) is 49.6 Å². The average Bonchev–Trinajstić information content (AvgIpc) is 2.92. The number of aryl methyl sites for hydroxylation is 2. The number of nitrogens with one attached hydrogen (secondary N) is 1. The highest BCUT2D eigenvalue weighted by Crippen LogP contribution is 2.28. The number of nitrogens with zero attached hydrogens (tertiary/aromatic N) is 2. The van der Waals surface area contributed by atoms with Crippen LogP contribution < -0.4 is 20.3 Å². The van der Waals surface area contributed by atoms with Gasteiger partial charge in [-0.3, -0.25) is 14.2 Å². The summed E-state index contributed by atoms with van der Waals surface area (Å²) in [6, 6.07) is 7.28. The highest BCUT2D eigenvalue weighted by Gasteiger charge is 2.22. The van der Waals surface area contributed by atoms with E-state index in [0.29, 0.717) is 46.1 Å². The minimum absolute atomic E-state index is 0.0208. The first kappa shape index (κ1) is 20.4. The number of ether oxygens (including phenoxy) is 2. The van der Waals surface area contributed by atoms with Gasteiger partial charge in [0.05, 0.1) is 23.9 Å². The Kier molecular flexibility index (Phi) is 6.03. The first-order chi connectivity index (χ1) is 14.6. The van der Waals surface area contributed by atoms with Gasteiger partial charge in [-0.1, -0.05) is 6.42 Å². The number of carbonyl (C=O) groups is 1. The third kappa shape index (κ3) is 4.05. The van der Waals surface area contributed by atoms with Crippen LogP contribution in [0.1, 0.15) is 40.3 Å². The molecule has 0 bridgehead atoms. The smallest absolute Gasteiger partial charge is 0.262 e. The van der Waals surface area contributed by atoms with Crippen molar-refractivity contribution in [2.75, 3.05) is 20.3 Å². The van der Waals surface area contributed by atoms with Gasteiger partial charge in [0.1, 0.15) is 28.8 Å². The Labute approximate surface area is 178 Å². The maximum absolute atomic E-state index is 13.0. The normalized spacial score (nSPS) is 13.5. The fourth-order valence-corrected chi connectivity index (χ4v) is 4.82. The monoisotopic (exact) mass is 427 g/mol. The highest BCUT2D eigenvalue weighted by atomic mass is 32.1. The molecule has 1 N–H and O–H groups in total. The molecule has 8 heteroatoms. The van der Waals surface area contributed by atoms with Gasteiger partial charge in [-0.2, -0.15) is 0 Å². The van der Waals surface area contributed by atoms with E-state index in [0.717, 1.165) is 37.3 Å². The van der Waals surface area contributed by atoms with Gasteiger partial charge >= 0.3 is 0 Å². The first-order valence-electron chi connectivity index (χ1n) is 10.2. The summed E-state index contributed by atoms with van der Waals surface area (Å²) in [7, 11) is 1.61. The number of thiophene rings is 1. The zero-order chi connectivity index (χ0) is 21.1. The van der Waals surface area contributed by atoms with Crippen molar-refractivity contribution >= 4 is 27.5 Å². The molecule has 1 amide bonds. The van der Waals surface area contributed by atoms with Crippen LogP contribution in [-0.4, -0.2) is 35.7 Å². The summed E-state index contributed by atoms with van der Waals surface area (Å²) in [5.74, 6) is 2.11. The third-order valence-electron chi connectivity index (χ3n) is 5.33. The summed E-state index contributed by atoms with van der Waals surface area (Å²) in [6.07, 6.45) is 3.96. The SMILES string of the molecule is COc1ccc(OCCNC(=O)c2sc3nc4n(c(=O)c3c2C)CCCCC4)cc1. The fourth-order valence-electron chi connectivity index (χ4n) is 3.71. The molecule has 0 radical (unpaired) electrons. The Morgan fingerprint density at radius 2 is 1.97 bits per heavy atom. The molecule has 158 valence electrons. The molecule has 1 aliphatic heterocycles. The Balaban J connectivity index is 1.44. The molecule has 3 aromatic rings. The number of hydrogen-bond donors (Lipinski definition) is 1. The Hall–Kier alpha value is -2.87. The van der Waals surface area contributed by atoms with E-state index in [1.165, 1.54) is 11.3 Å². The lowest BCUT2D eigenvalue weighted by Gasteiger charge is -2.08. The molecule has 7 nitrogen and oxygen atoms in total. The molecule has 4 rings (SSSR count). The molecule has 0 saturated carbocycles. The zero-order valence-corrected chi connectivity index (χ0v) is 18.0. The van der Waals surface area contributed by atoms with Crippen molar-refractivity contribution in [2.24, 2.45) is 0 Å². The van der Waals surface area contributed by atoms with Crippen LogP contribution in [-0.2, 0) is 13.0 Å². The Morgan fingerprint density at radius 3 is 2.73 bits per heavy atom. The van der Waals surface area contributed by atoms with Crippen LogP contribution in [0, 0.1) is 6.92 Å². The molecule has 0 atom stereocenters. The van der Waals surface area contributed by atoms with E-state index in [9.17, 15) is 9.59 Å². The van der Waals surface area contributed by atoms with Gasteiger partial charge in [0.25, 0.3) is 11.5 Å². The number of hydrogen-bond acceptors (Lipinski definition) is 6. The molecule has 0 saturated heterocycles. The quantitative estimate of drug-likeness (QED) is 0.611. The summed E-state index contributed by atoms with van der Waals surface area (Å²) in [5.41, 5.74) is 0.688. The van der Waals surface area contributed by atoms with E-state index >= 15 is 0 Å². The summed E-state index contributed by atoms with van der Waals surface area (Å²) >= 11 is 1.29. The van der Waals surface area contributed by atoms with E-state index in [4.69, 9.17) is 14.5 Å². The lowest BCUT2D eigenvalue weighted by molar-refractivity contribution is 0.0950. The van der Waals surface area contributed by atoms with Crippen molar-refractivity contribution in [3.63, 3.8) is 0 Å². The largest absolute Gasteiger partial charge is 0.497 e. The van der Waals surface area contributed by atoms with Crippen molar-refractivity contribution in [3.8, 4) is 11.5 Å². The third-order valence-corrected chi connectivity index (χ3v) is 6.52. The van der Waals surface area contributed by atoms with Crippen molar-refractivity contribution in [1.82, 2.24) is 14.9 Å². The highest BCUT2D eigenvalue weighted by molar-refractivity contribution is 7.20. The fraction of sp³-hybridized carbons (Fsp3) is 0.409. The van der Waals surface area contributed by atoms with E-state index in [-0.39, 0.29) is 11.5 Å². The predicted molar refractivity (Wildman–Crippen MR) is 117 cm³/mol. The molecule has 1 aromatic carbocycles. The van der Waals surface area contributed by atoms with Crippen molar-refractivity contribution in [1.29, 1.82) is 0 Å². The van der Waals surface area contributed by atoms with Gasteiger partial charge in [-0.25, -0.2) is 4.98 Å². The van der Waals surface area contributed by atoms with E-state index in [1.54, 1.807) is 11.7 Å². The summed E-state index contributed by atoms with van der Waals surface area (Å²) in [4.78, 5) is 31.6. The van der Waals surface area contributed by atoms with Crippen LogP contribution in [0.15, 0.2) is 29.1 Å². The van der Waals surface area contributed by atoms with E-state index in [2.05, 4.69) is 5.32 Å². The maximum Gasteiger partial charge on any atom is 0.262 e. The standard InChI is InChI=1S/C22H25N3O4S/c1-14-18-21(24-17-6-4-3-5-12-25(17)22(18)27)30-19(14)20(26)23-11-13-29-16-9-7-15(28-2)8-10-16/h7-10H,3-6,11-13H2,1-2H3,(H,23,26). The topological polar surface area (TPSA) is 82.4 Å². The molecular weight excluding hydrogens is 402 g/mol. The predicted octanol–water partition coefficient (Wildman–Crippen LogP) is 3.31. The molecular formula is C22H25N3O4S.